The molecule has 9 nitrogen and oxygen atoms in total. The smallest absolute Gasteiger partial charge is 0.333 e. The van der Waals surface area contributed by atoms with Gasteiger partial charge in [-0.15, -0.1) is 0 Å². The molecule has 1 heterocycles. The van der Waals surface area contributed by atoms with Crippen LogP contribution in [0.4, 0.5) is 5.69 Å². The summed E-state index contributed by atoms with van der Waals surface area (Å²) in [5.74, 6) is -0.634. The van der Waals surface area contributed by atoms with Crippen LogP contribution in [0.2, 0.25) is 5.02 Å². The molecule has 0 N–H and O–H groups in total. The van der Waals surface area contributed by atoms with E-state index in [1.807, 2.05) is 0 Å². The number of nitrogens with zero attached hydrogens (tertiary/aromatic N) is 4. The molecule has 23 heavy (non-hydrogen) atoms. The molecule has 2 rings (SSSR count). The van der Waals surface area contributed by atoms with E-state index in [1.165, 1.54) is 26.2 Å². The van der Waals surface area contributed by atoms with Gasteiger partial charge in [0.05, 0.1) is 4.92 Å². The van der Waals surface area contributed by atoms with Crippen LogP contribution in [0, 0.1) is 21.4 Å². The molecule has 0 aliphatic rings. The summed E-state index contributed by atoms with van der Waals surface area (Å²) in [6, 6.07) is 5.25. The second-order valence-corrected chi connectivity index (χ2v) is 4.91. The third-order valence-corrected chi connectivity index (χ3v) is 3.28. The van der Waals surface area contributed by atoms with Gasteiger partial charge in [-0.3, -0.25) is 24.0 Å². The monoisotopic (exact) mass is 336 g/mol. The Kier molecular flexibility index (Phi) is 4.20. The van der Waals surface area contributed by atoms with Crippen molar-refractivity contribution < 1.29 is 9.66 Å². The number of hydrogen-bond acceptors (Lipinski definition) is 6. The maximum atomic E-state index is 11.9. The van der Waals surface area contributed by atoms with Gasteiger partial charge in [0.15, 0.2) is 5.56 Å². The molecule has 2 aromatic rings. The third kappa shape index (κ3) is 2.79. The maximum Gasteiger partial charge on any atom is 0.333 e. The van der Waals surface area contributed by atoms with Crippen molar-refractivity contribution in [1.82, 2.24) is 9.13 Å². The molecule has 0 aliphatic heterocycles. The minimum atomic E-state index is -0.859. The fraction of sp³-hybridized carbons (Fsp3) is 0.154. The second-order valence-electron chi connectivity index (χ2n) is 4.47. The summed E-state index contributed by atoms with van der Waals surface area (Å²) in [5.41, 5.74) is -2.50. The van der Waals surface area contributed by atoms with Gasteiger partial charge in [-0.25, -0.2) is 4.79 Å². The highest BCUT2D eigenvalue weighted by Gasteiger charge is 2.22. The summed E-state index contributed by atoms with van der Waals surface area (Å²) in [4.78, 5) is 34.2. The molecule has 0 bridgehead atoms. The first kappa shape index (κ1) is 16.3. The zero-order chi connectivity index (χ0) is 17.3. The normalized spacial score (nSPS) is 10.2. The van der Waals surface area contributed by atoms with Crippen molar-refractivity contribution in [3.8, 4) is 17.7 Å². The van der Waals surface area contributed by atoms with Crippen molar-refractivity contribution in [1.29, 1.82) is 5.26 Å². The largest absolute Gasteiger partial charge is 0.432 e. The summed E-state index contributed by atoms with van der Waals surface area (Å²) in [6.07, 6.45) is 0. The molecule has 0 aliphatic carbocycles. The lowest BCUT2D eigenvalue weighted by atomic mass is 10.3. The predicted molar refractivity (Wildman–Crippen MR) is 79.8 cm³/mol. The molecule has 0 amide bonds. The van der Waals surface area contributed by atoms with Gasteiger partial charge in [0.2, 0.25) is 11.6 Å². The standard InChI is InChI=1S/C13H9ClN4O5/c1-16-11(19)8(6-15)12(17(2)13(16)20)23-10-4-3-7(14)5-9(10)18(21)22/h3-5H,1-2H3. The van der Waals surface area contributed by atoms with Crippen molar-refractivity contribution >= 4 is 17.3 Å². The Bertz CT molecular complexity index is 970. The topological polar surface area (TPSA) is 120 Å². The molecule has 1 aromatic carbocycles. The molecule has 0 fully saturated rings. The van der Waals surface area contributed by atoms with Gasteiger partial charge in [-0.05, 0) is 12.1 Å². The van der Waals surface area contributed by atoms with E-state index in [2.05, 4.69) is 0 Å². The van der Waals surface area contributed by atoms with Crippen LogP contribution in [0.15, 0.2) is 27.8 Å². The molecule has 0 saturated heterocycles. The third-order valence-electron chi connectivity index (χ3n) is 3.05. The van der Waals surface area contributed by atoms with Gasteiger partial charge in [0, 0.05) is 25.2 Å². The maximum absolute atomic E-state index is 11.9. The fourth-order valence-corrected chi connectivity index (χ4v) is 2.03. The summed E-state index contributed by atoms with van der Waals surface area (Å²) >= 11 is 5.70. The molecule has 0 radical (unpaired) electrons. The average molecular weight is 337 g/mol. The lowest BCUT2D eigenvalue weighted by molar-refractivity contribution is -0.385. The Labute approximate surface area is 133 Å². The van der Waals surface area contributed by atoms with Crippen LogP contribution in [-0.2, 0) is 14.1 Å². The van der Waals surface area contributed by atoms with E-state index < -0.39 is 27.4 Å². The number of halogens is 1. The highest BCUT2D eigenvalue weighted by atomic mass is 35.5. The van der Waals surface area contributed by atoms with Crippen molar-refractivity contribution in [2.24, 2.45) is 14.1 Å². The number of rotatable bonds is 3. The summed E-state index contributed by atoms with van der Waals surface area (Å²) in [7, 11) is 2.49. The van der Waals surface area contributed by atoms with E-state index in [0.717, 1.165) is 15.2 Å². The number of benzene rings is 1. The SMILES string of the molecule is Cn1c(Oc2ccc(Cl)cc2[N+](=O)[O-])c(C#N)c(=O)n(C)c1=O. The first-order valence-electron chi connectivity index (χ1n) is 6.09. The highest BCUT2D eigenvalue weighted by molar-refractivity contribution is 6.30. The van der Waals surface area contributed by atoms with Crippen LogP contribution in [0.5, 0.6) is 11.6 Å². The molecule has 0 atom stereocenters. The summed E-state index contributed by atoms with van der Waals surface area (Å²) in [6.45, 7) is 0. The van der Waals surface area contributed by atoms with Gasteiger partial charge in [0.25, 0.3) is 5.56 Å². The van der Waals surface area contributed by atoms with E-state index in [1.54, 1.807) is 6.07 Å². The van der Waals surface area contributed by atoms with Gasteiger partial charge >= 0.3 is 11.4 Å². The molecule has 0 spiro atoms. The van der Waals surface area contributed by atoms with Crippen LogP contribution in [0.3, 0.4) is 0 Å². The van der Waals surface area contributed by atoms with Gasteiger partial charge in [-0.2, -0.15) is 5.26 Å². The van der Waals surface area contributed by atoms with E-state index in [4.69, 9.17) is 21.6 Å². The van der Waals surface area contributed by atoms with E-state index >= 15 is 0 Å². The summed E-state index contributed by atoms with van der Waals surface area (Å²) < 4.78 is 6.97. The number of nitriles is 1. The first-order valence-corrected chi connectivity index (χ1v) is 6.47. The Morgan fingerprint density at radius 3 is 2.52 bits per heavy atom. The van der Waals surface area contributed by atoms with Crippen LogP contribution >= 0.6 is 11.6 Å². The minimum Gasteiger partial charge on any atom is -0.432 e. The van der Waals surface area contributed by atoms with Crippen LogP contribution < -0.4 is 16.0 Å². The Morgan fingerprint density at radius 2 is 1.96 bits per heavy atom. The molecule has 0 unspecified atom stereocenters. The average Bonchev–Trinajstić information content (AvgIpc) is 2.52. The predicted octanol–water partition coefficient (Wildman–Crippen LogP) is 1.31. The van der Waals surface area contributed by atoms with Crippen molar-refractivity contribution in [2.75, 3.05) is 0 Å². The van der Waals surface area contributed by atoms with E-state index in [0.29, 0.717) is 0 Å². The molecule has 1 aromatic heterocycles. The Morgan fingerprint density at radius 1 is 1.30 bits per heavy atom. The number of aromatic nitrogens is 2. The number of ether oxygens (including phenoxy) is 1. The van der Waals surface area contributed by atoms with Crippen LogP contribution in [0.25, 0.3) is 0 Å². The number of nitro groups is 1. The lowest BCUT2D eigenvalue weighted by Gasteiger charge is -2.12. The zero-order valence-corrected chi connectivity index (χ0v) is 12.7. The molecule has 118 valence electrons. The fourth-order valence-electron chi connectivity index (χ4n) is 1.86. The Balaban J connectivity index is 2.72. The first-order chi connectivity index (χ1) is 10.8. The van der Waals surface area contributed by atoms with Gasteiger partial charge < -0.3 is 4.74 Å². The Hall–Kier alpha value is -3.12. The molecule has 0 saturated carbocycles. The van der Waals surface area contributed by atoms with Gasteiger partial charge in [-0.1, -0.05) is 11.6 Å². The lowest BCUT2D eigenvalue weighted by Crippen LogP contribution is -2.38. The van der Waals surface area contributed by atoms with Crippen molar-refractivity contribution in [3.05, 3.63) is 59.7 Å². The number of hydrogen-bond donors (Lipinski definition) is 0. The second kappa shape index (κ2) is 5.94. The highest BCUT2D eigenvalue weighted by Crippen LogP contribution is 2.33. The molecular formula is C13H9ClN4O5. The quantitative estimate of drug-likeness (QED) is 0.615. The van der Waals surface area contributed by atoms with Crippen molar-refractivity contribution in [2.45, 2.75) is 0 Å². The molecular weight excluding hydrogens is 328 g/mol. The summed E-state index contributed by atoms with van der Waals surface area (Å²) in [5, 5.41) is 20.3. The van der Waals surface area contributed by atoms with E-state index in [9.17, 15) is 19.7 Å². The zero-order valence-electron chi connectivity index (χ0n) is 11.9. The van der Waals surface area contributed by atoms with Crippen LogP contribution in [-0.4, -0.2) is 14.1 Å². The number of nitro benzene ring substituents is 1. The van der Waals surface area contributed by atoms with Crippen LogP contribution in [0.1, 0.15) is 5.56 Å². The van der Waals surface area contributed by atoms with Gasteiger partial charge in [0.1, 0.15) is 6.07 Å². The minimum absolute atomic E-state index is 0.113. The molecule has 10 heteroatoms. The van der Waals surface area contributed by atoms with Crippen molar-refractivity contribution in [3.63, 3.8) is 0 Å². The van der Waals surface area contributed by atoms with E-state index in [-0.39, 0.29) is 16.7 Å².